The lowest BCUT2D eigenvalue weighted by Gasteiger charge is -2.18. The van der Waals surface area contributed by atoms with Crippen LogP contribution in [-0.4, -0.2) is 19.0 Å². The summed E-state index contributed by atoms with van der Waals surface area (Å²) in [7, 11) is 0. The average molecular weight is 284 g/mol. The molecule has 1 atom stereocenters. The molecule has 1 aliphatic rings. The molecule has 2 N–H and O–H groups in total. The summed E-state index contributed by atoms with van der Waals surface area (Å²) in [5, 5.41) is 6.40. The largest absolute Gasteiger partial charge is 0.472 e. The van der Waals surface area contributed by atoms with Gasteiger partial charge in [-0.05, 0) is 42.6 Å². The second-order valence-corrected chi connectivity index (χ2v) is 5.32. The van der Waals surface area contributed by atoms with Crippen molar-refractivity contribution >= 4 is 5.91 Å². The van der Waals surface area contributed by atoms with Crippen molar-refractivity contribution in [1.29, 1.82) is 0 Å². The lowest BCUT2D eigenvalue weighted by atomic mass is 9.95. The van der Waals surface area contributed by atoms with Gasteiger partial charge in [0.2, 0.25) is 0 Å². The molecule has 2 aromatic rings. The normalized spacial score (nSPS) is 16.0. The van der Waals surface area contributed by atoms with E-state index in [2.05, 4.69) is 29.7 Å². The first kappa shape index (κ1) is 13.9. The second kappa shape index (κ2) is 6.14. The fraction of sp³-hybridized carbons (Fsp3) is 0.353. The van der Waals surface area contributed by atoms with Crippen molar-refractivity contribution in [3.63, 3.8) is 0 Å². The van der Waals surface area contributed by atoms with Gasteiger partial charge in [-0.3, -0.25) is 4.79 Å². The topological polar surface area (TPSA) is 54.3 Å². The van der Waals surface area contributed by atoms with E-state index in [0.29, 0.717) is 0 Å². The van der Waals surface area contributed by atoms with Crippen LogP contribution < -0.4 is 10.6 Å². The first-order chi connectivity index (χ1) is 10.3. The summed E-state index contributed by atoms with van der Waals surface area (Å²) in [5.74, 6) is 0.0341. The van der Waals surface area contributed by atoms with Gasteiger partial charge in [0, 0.05) is 17.7 Å². The first-order valence-corrected chi connectivity index (χ1v) is 7.46. The predicted octanol–water partition coefficient (Wildman–Crippen LogP) is 2.65. The highest BCUT2D eigenvalue weighted by molar-refractivity contribution is 5.96. The fourth-order valence-corrected chi connectivity index (χ4v) is 2.85. The van der Waals surface area contributed by atoms with E-state index in [1.54, 1.807) is 12.5 Å². The zero-order valence-electron chi connectivity index (χ0n) is 12.2. The molecule has 0 radical (unpaired) electrons. The van der Waals surface area contributed by atoms with Crippen molar-refractivity contribution in [2.45, 2.75) is 25.8 Å². The van der Waals surface area contributed by atoms with Crippen LogP contribution in [0.3, 0.4) is 0 Å². The molecule has 1 aromatic heterocycles. The molecule has 0 saturated heterocycles. The Morgan fingerprint density at radius 2 is 2.24 bits per heavy atom. The molecule has 4 heteroatoms. The standard InChI is InChI=1S/C17H20N2O2/c1-2-18-16(14-7-9-21-11-14)13-6-5-12-4-3-8-19-17(20)15(12)10-13/h5-7,9-11,16,18H,2-4,8H2,1H3,(H,19,20). The van der Waals surface area contributed by atoms with Gasteiger partial charge in [-0.15, -0.1) is 0 Å². The quantitative estimate of drug-likeness (QED) is 0.907. The maximum absolute atomic E-state index is 12.2. The summed E-state index contributed by atoms with van der Waals surface area (Å²) in [6.45, 7) is 3.67. The number of hydrogen-bond donors (Lipinski definition) is 2. The molecule has 0 saturated carbocycles. The average Bonchev–Trinajstić information content (AvgIpc) is 2.96. The third kappa shape index (κ3) is 2.85. The number of hydrogen-bond acceptors (Lipinski definition) is 3. The zero-order valence-corrected chi connectivity index (χ0v) is 12.2. The highest BCUT2D eigenvalue weighted by Crippen LogP contribution is 2.26. The number of aryl methyl sites for hydroxylation is 1. The van der Waals surface area contributed by atoms with Crippen LogP contribution in [-0.2, 0) is 6.42 Å². The van der Waals surface area contributed by atoms with Crippen LogP contribution in [0.5, 0.6) is 0 Å². The van der Waals surface area contributed by atoms with Crippen LogP contribution >= 0.6 is 0 Å². The van der Waals surface area contributed by atoms with E-state index >= 15 is 0 Å². The summed E-state index contributed by atoms with van der Waals surface area (Å²) in [6, 6.07) is 8.21. The zero-order chi connectivity index (χ0) is 14.7. The molecule has 1 aliphatic heterocycles. The Morgan fingerprint density at radius 1 is 1.33 bits per heavy atom. The maximum atomic E-state index is 12.2. The first-order valence-electron chi connectivity index (χ1n) is 7.46. The number of furan rings is 1. The molecule has 3 rings (SSSR count). The van der Waals surface area contributed by atoms with Gasteiger partial charge >= 0.3 is 0 Å². The molecule has 21 heavy (non-hydrogen) atoms. The molecular weight excluding hydrogens is 264 g/mol. The smallest absolute Gasteiger partial charge is 0.251 e. The van der Waals surface area contributed by atoms with E-state index in [4.69, 9.17) is 4.42 Å². The van der Waals surface area contributed by atoms with Crippen molar-refractivity contribution < 1.29 is 9.21 Å². The Morgan fingerprint density at radius 3 is 3.00 bits per heavy atom. The van der Waals surface area contributed by atoms with E-state index in [9.17, 15) is 4.79 Å². The summed E-state index contributed by atoms with van der Waals surface area (Å²) >= 11 is 0. The number of carbonyl (C=O) groups is 1. The molecule has 0 bridgehead atoms. The Labute approximate surface area is 124 Å². The summed E-state index contributed by atoms with van der Waals surface area (Å²) in [5.41, 5.74) is 4.10. The van der Waals surface area contributed by atoms with Gasteiger partial charge in [-0.2, -0.15) is 0 Å². The Kier molecular flexibility index (Phi) is 4.06. The van der Waals surface area contributed by atoms with E-state index in [-0.39, 0.29) is 11.9 Å². The van der Waals surface area contributed by atoms with Crippen molar-refractivity contribution in [1.82, 2.24) is 10.6 Å². The van der Waals surface area contributed by atoms with Crippen LogP contribution in [0, 0.1) is 0 Å². The monoisotopic (exact) mass is 284 g/mol. The third-order valence-electron chi connectivity index (χ3n) is 3.91. The molecular formula is C17H20N2O2. The van der Waals surface area contributed by atoms with Crippen LogP contribution in [0.25, 0.3) is 0 Å². The molecule has 0 spiro atoms. The van der Waals surface area contributed by atoms with Gasteiger partial charge in [0.15, 0.2) is 0 Å². The van der Waals surface area contributed by atoms with Crippen molar-refractivity contribution in [3.05, 3.63) is 59.0 Å². The number of fused-ring (bicyclic) bond motifs is 1. The van der Waals surface area contributed by atoms with E-state index in [1.807, 2.05) is 12.1 Å². The van der Waals surface area contributed by atoms with Crippen molar-refractivity contribution in [3.8, 4) is 0 Å². The third-order valence-corrected chi connectivity index (χ3v) is 3.91. The van der Waals surface area contributed by atoms with Gasteiger partial charge in [-0.1, -0.05) is 19.1 Å². The van der Waals surface area contributed by atoms with Gasteiger partial charge < -0.3 is 15.1 Å². The minimum absolute atomic E-state index is 0.0341. The number of benzene rings is 1. The Hall–Kier alpha value is -2.07. The van der Waals surface area contributed by atoms with Crippen molar-refractivity contribution in [2.24, 2.45) is 0 Å². The van der Waals surface area contributed by atoms with Crippen LogP contribution in [0.2, 0.25) is 0 Å². The summed E-state index contributed by atoms with van der Waals surface area (Å²) < 4.78 is 5.20. The highest BCUT2D eigenvalue weighted by Gasteiger charge is 2.19. The van der Waals surface area contributed by atoms with Gasteiger partial charge in [0.05, 0.1) is 18.6 Å². The molecule has 1 amide bonds. The number of carbonyl (C=O) groups excluding carboxylic acids is 1. The minimum atomic E-state index is 0.0341. The van der Waals surface area contributed by atoms with Gasteiger partial charge in [0.25, 0.3) is 5.91 Å². The minimum Gasteiger partial charge on any atom is -0.472 e. The summed E-state index contributed by atoms with van der Waals surface area (Å²) in [4.78, 5) is 12.2. The maximum Gasteiger partial charge on any atom is 0.251 e. The van der Waals surface area contributed by atoms with Gasteiger partial charge in [-0.25, -0.2) is 0 Å². The molecule has 1 unspecified atom stereocenters. The molecule has 110 valence electrons. The molecule has 2 heterocycles. The van der Waals surface area contributed by atoms with E-state index in [0.717, 1.165) is 48.2 Å². The Balaban J connectivity index is 1.99. The van der Waals surface area contributed by atoms with Crippen LogP contribution in [0.15, 0.2) is 41.2 Å². The fourth-order valence-electron chi connectivity index (χ4n) is 2.85. The SMILES string of the molecule is CCNC(c1ccoc1)c1ccc2c(c1)C(=O)NCCC2. The van der Waals surface area contributed by atoms with Crippen LogP contribution in [0.1, 0.15) is 46.4 Å². The number of nitrogens with one attached hydrogen (secondary N) is 2. The lowest BCUT2D eigenvalue weighted by Crippen LogP contribution is -2.24. The second-order valence-electron chi connectivity index (χ2n) is 5.32. The lowest BCUT2D eigenvalue weighted by molar-refractivity contribution is 0.0956. The van der Waals surface area contributed by atoms with Gasteiger partial charge in [0.1, 0.15) is 0 Å². The van der Waals surface area contributed by atoms with E-state index < -0.39 is 0 Å². The highest BCUT2D eigenvalue weighted by atomic mass is 16.3. The summed E-state index contributed by atoms with van der Waals surface area (Å²) in [6.07, 6.45) is 5.37. The number of rotatable bonds is 4. The van der Waals surface area contributed by atoms with Crippen molar-refractivity contribution in [2.75, 3.05) is 13.1 Å². The molecule has 1 aromatic carbocycles. The number of amides is 1. The molecule has 0 fully saturated rings. The predicted molar refractivity (Wildman–Crippen MR) is 81.3 cm³/mol. The van der Waals surface area contributed by atoms with E-state index in [1.165, 1.54) is 0 Å². The Bertz CT molecular complexity index is 620. The molecule has 0 aliphatic carbocycles. The molecule has 4 nitrogen and oxygen atoms in total. The van der Waals surface area contributed by atoms with Crippen LogP contribution in [0.4, 0.5) is 0 Å².